The number of carbonyl (C=O) groups excluding carboxylic acids is 1. The second-order valence-electron chi connectivity index (χ2n) is 5.60. The molecule has 0 saturated carbocycles. The van der Waals surface area contributed by atoms with E-state index in [1.165, 1.54) is 0 Å². The normalized spacial score (nSPS) is 17.8. The van der Waals surface area contributed by atoms with Crippen LogP contribution in [-0.2, 0) is 0 Å². The lowest BCUT2D eigenvalue weighted by molar-refractivity contribution is 0.0729. The number of thiazole rings is 1. The molecule has 0 radical (unpaired) electrons. The minimum absolute atomic E-state index is 0.0616. The molecule has 1 saturated heterocycles. The number of furan rings is 1. The number of aryl methyl sites for hydroxylation is 1. The van der Waals surface area contributed by atoms with Crippen molar-refractivity contribution in [2.24, 2.45) is 0 Å². The molecule has 0 spiro atoms. The van der Waals surface area contributed by atoms with Gasteiger partial charge >= 0.3 is 0 Å². The fraction of sp³-hybridized carbons (Fsp3) is 0.312. The Balaban J connectivity index is 1.58. The first-order chi connectivity index (χ1) is 11.2. The molecule has 1 aliphatic heterocycles. The minimum atomic E-state index is -0.0616. The van der Waals surface area contributed by atoms with Gasteiger partial charge in [-0.05, 0) is 31.9 Å². The van der Waals surface area contributed by atoms with Crippen molar-refractivity contribution in [3.05, 3.63) is 46.2 Å². The van der Waals surface area contributed by atoms with Crippen molar-refractivity contribution in [1.82, 2.24) is 20.1 Å². The van der Waals surface area contributed by atoms with Gasteiger partial charge in [-0.3, -0.25) is 9.89 Å². The molecule has 4 heterocycles. The quantitative estimate of drug-likeness (QED) is 0.799. The molecule has 1 atom stereocenters. The van der Waals surface area contributed by atoms with Gasteiger partial charge in [-0.25, -0.2) is 4.98 Å². The van der Waals surface area contributed by atoms with Crippen LogP contribution in [0.4, 0.5) is 0 Å². The van der Waals surface area contributed by atoms with Crippen molar-refractivity contribution in [2.45, 2.75) is 25.8 Å². The molecule has 0 unspecified atom stereocenters. The van der Waals surface area contributed by atoms with E-state index in [1.54, 1.807) is 23.6 Å². The lowest BCUT2D eigenvalue weighted by Crippen LogP contribution is -2.30. The number of aromatic nitrogens is 3. The number of likely N-dealkylation sites (tertiary alicyclic amines) is 1. The van der Waals surface area contributed by atoms with Crippen molar-refractivity contribution in [2.75, 3.05) is 6.54 Å². The average molecular weight is 328 g/mol. The molecule has 0 bridgehead atoms. The smallest absolute Gasteiger partial charge is 0.274 e. The van der Waals surface area contributed by atoms with Crippen LogP contribution in [0.1, 0.15) is 40.1 Å². The molecule has 0 aromatic carbocycles. The Morgan fingerprint density at radius 2 is 2.39 bits per heavy atom. The van der Waals surface area contributed by atoms with E-state index in [-0.39, 0.29) is 11.9 Å². The van der Waals surface area contributed by atoms with Crippen LogP contribution >= 0.6 is 11.3 Å². The van der Waals surface area contributed by atoms with Gasteiger partial charge < -0.3 is 9.32 Å². The summed E-state index contributed by atoms with van der Waals surface area (Å²) in [6.45, 7) is 2.62. The number of rotatable bonds is 3. The van der Waals surface area contributed by atoms with E-state index in [0.29, 0.717) is 17.1 Å². The highest BCUT2D eigenvalue weighted by Crippen LogP contribution is 2.34. The number of nitrogens with zero attached hydrogens (tertiary/aromatic N) is 3. The molecule has 118 valence electrons. The maximum Gasteiger partial charge on any atom is 0.274 e. The Hall–Kier alpha value is -2.41. The molecule has 1 N–H and O–H groups in total. The zero-order valence-corrected chi connectivity index (χ0v) is 13.5. The molecule has 1 fully saturated rings. The molecule has 1 amide bonds. The molecule has 4 rings (SSSR count). The zero-order chi connectivity index (χ0) is 15.8. The Bertz CT molecular complexity index is 821. The molecular formula is C16H16N4O2S. The Morgan fingerprint density at radius 1 is 1.48 bits per heavy atom. The third kappa shape index (κ3) is 2.57. The summed E-state index contributed by atoms with van der Waals surface area (Å²) in [7, 11) is 0. The summed E-state index contributed by atoms with van der Waals surface area (Å²) in [4.78, 5) is 19.0. The lowest BCUT2D eigenvalue weighted by Gasteiger charge is -2.21. The number of hydrogen-bond donors (Lipinski definition) is 1. The Morgan fingerprint density at radius 3 is 3.13 bits per heavy atom. The third-order valence-corrected chi connectivity index (χ3v) is 4.93. The van der Waals surface area contributed by atoms with E-state index in [0.717, 1.165) is 30.2 Å². The van der Waals surface area contributed by atoms with Crippen molar-refractivity contribution in [3.8, 4) is 11.5 Å². The van der Waals surface area contributed by atoms with E-state index < -0.39 is 0 Å². The van der Waals surface area contributed by atoms with Gasteiger partial charge in [-0.15, -0.1) is 11.3 Å². The highest BCUT2D eigenvalue weighted by Gasteiger charge is 2.33. The first-order valence-electron chi connectivity index (χ1n) is 7.55. The molecule has 3 aromatic rings. The first-order valence-corrected chi connectivity index (χ1v) is 8.43. The van der Waals surface area contributed by atoms with Crippen molar-refractivity contribution < 1.29 is 9.21 Å². The maximum atomic E-state index is 12.8. The van der Waals surface area contributed by atoms with Crippen LogP contribution in [-0.4, -0.2) is 32.5 Å². The van der Waals surface area contributed by atoms with Gasteiger partial charge in [0.05, 0.1) is 6.04 Å². The minimum Gasteiger partial charge on any atom is -0.460 e. The van der Waals surface area contributed by atoms with Gasteiger partial charge in [0, 0.05) is 24.2 Å². The van der Waals surface area contributed by atoms with Gasteiger partial charge in [0.1, 0.15) is 16.5 Å². The van der Waals surface area contributed by atoms with E-state index in [9.17, 15) is 4.79 Å². The van der Waals surface area contributed by atoms with Crippen molar-refractivity contribution >= 4 is 17.2 Å². The maximum absolute atomic E-state index is 12.8. The SMILES string of the molecule is Cc1ccc(-c2cc(C(=O)N3CCC[C@H]3c3nccs3)n[nH]2)o1. The van der Waals surface area contributed by atoms with Gasteiger partial charge in [0.25, 0.3) is 5.91 Å². The van der Waals surface area contributed by atoms with Crippen LogP contribution < -0.4 is 0 Å². The summed E-state index contributed by atoms with van der Waals surface area (Å²) in [6, 6.07) is 5.56. The fourth-order valence-electron chi connectivity index (χ4n) is 2.95. The largest absolute Gasteiger partial charge is 0.460 e. The average Bonchev–Trinajstić information content (AvgIpc) is 3.31. The number of carbonyl (C=O) groups is 1. The number of H-pyrrole nitrogens is 1. The molecule has 23 heavy (non-hydrogen) atoms. The highest BCUT2D eigenvalue weighted by atomic mass is 32.1. The summed E-state index contributed by atoms with van der Waals surface area (Å²) >= 11 is 1.59. The van der Waals surface area contributed by atoms with E-state index in [2.05, 4.69) is 15.2 Å². The fourth-order valence-corrected chi connectivity index (χ4v) is 3.73. The molecule has 3 aromatic heterocycles. The van der Waals surface area contributed by atoms with Gasteiger partial charge in [-0.2, -0.15) is 5.10 Å². The third-order valence-electron chi connectivity index (χ3n) is 4.05. The predicted octanol–water partition coefficient (Wildman–Crippen LogP) is 3.41. The summed E-state index contributed by atoms with van der Waals surface area (Å²) in [5.41, 5.74) is 1.13. The number of hydrogen-bond acceptors (Lipinski definition) is 5. The topological polar surface area (TPSA) is 75.0 Å². The van der Waals surface area contributed by atoms with Crippen LogP contribution in [0.5, 0.6) is 0 Å². The molecular weight excluding hydrogens is 312 g/mol. The van der Waals surface area contributed by atoms with Crippen LogP contribution in [0.2, 0.25) is 0 Å². The second kappa shape index (κ2) is 5.66. The van der Waals surface area contributed by atoms with Crippen molar-refractivity contribution in [3.63, 3.8) is 0 Å². The second-order valence-corrected chi connectivity index (χ2v) is 6.53. The van der Waals surface area contributed by atoms with Gasteiger partial charge in [0.15, 0.2) is 11.5 Å². The zero-order valence-electron chi connectivity index (χ0n) is 12.7. The van der Waals surface area contributed by atoms with Crippen LogP contribution in [0, 0.1) is 6.92 Å². The molecule has 6 nitrogen and oxygen atoms in total. The van der Waals surface area contributed by atoms with Crippen molar-refractivity contribution in [1.29, 1.82) is 0 Å². The highest BCUT2D eigenvalue weighted by molar-refractivity contribution is 7.09. The Kier molecular flexibility index (Phi) is 3.49. The van der Waals surface area contributed by atoms with Crippen LogP contribution in [0.15, 0.2) is 34.2 Å². The summed E-state index contributed by atoms with van der Waals surface area (Å²) in [6.07, 6.45) is 3.73. The summed E-state index contributed by atoms with van der Waals surface area (Å²) in [5.74, 6) is 1.45. The Labute approximate surface area is 137 Å². The standard InChI is InChI=1S/C16H16N4O2S/c1-10-4-5-14(22-10)11-9-12(19-18-11)16(21)20-7-2-3-13(20)15-17-6-8-23-15/h4-6,8-9,13H,2-3,7H2,1H3,(H,18,19)/t13-/m0/s1. The number of aromatic amines is 1. The van der Waals surface area contributed by atoms with Gasteiger partial charge in [0.2, 0.25) is 0 Å². The van der Waals surface area contributed by atoms with Crippen LogP contribution in [0.3, 0.4) is 0 Å². The first kappa shape index (κ1) is 14.2. The van der Waals surface area contributed by atoms with Gasteiger partial charge in [-0.1, -0.05) is 0 Å². The summed E-state index contributed by atoms with van der Waals surface area (Å²) < 4.78 is 5.56. The molecule has 0 aliphatic carbocycles. The predicted molar refractivity (Wildman–Crippen MR) is 86.2 cm³/mol. The summed E-state index contributed by atoms with van der Waals surface area (Å²) in [5, 5.41) is 9.99. The molecule has 7 heteroatoms. The molecule has 1 aliphatic rings. The monoisotopic (exact) mass is 328 g/mol. The van der Waals surface area contributed by atoms with E-state index >= 15 is 0 Å². The van der Waals surface area contributed by atoms with E-state index in [1.807, 2.05) is 29.3 Å². The number of nitrogens with one attached hydrogen (secondary N) is 1. The lowest BCUT2D eigenvalue weighted by atomic mass is 10.2. The van der Waals surface area contributed by atoms with E-state index in [4.69, 9.17) is 4.42 Å². The van der Waals surface area contributed by atoms with Crippen LogP contribution in [0.25, 0.3) is 11.5 Å². The number of amides is 1.